The first-order chi connectivity index (χ1) is 13.5. The molecule has 0 radical (unpaired) electrons. The number of hydrogen-bond acceptors (Lipinski definition) is 5. The van der Waals surface area contributed by atoms with Gasteiger partial charge in [-0.25, -0.2) is 0 Å². The molecule has 146 valence electrons. The number of benzene rings is 2. The van der Waals surface area contributed by atoms with Crippen molar-refractivity contribution >= 4 is 39.3 Å². The first-order valence-corrected chi connectivity index (χ1v) is 9.46. The van der Waals surface area contributed by atoms with E-state index in [4.69, 9.17) is 9.47 Å². The van der Waals surface area contributed by atoms with Crippen molar-refractivity contribution in [3.8, 4) is 5.75 Å². The maximum Gasteiger partial charge on any atom is 0.261 e. The average Bonchev–Trinajstić information content (AvgIpc) is 2.91. The summed E-state index contributed by atoms with van der Waals surface area (Å²) in [7, 11) is 1.60. The second-order valence-corrected chi connectivity index (χ2v) is 7.03. The Balaban J connectivity index is 1.52. The number of carbonyl (C=O) groups is 3. The van der Waals surface area contributed by atoms with Gasteiger partial charge in [0.05, 0.1) is 17.7 Å². The van der Waals surface area contributed by atoms with Gasteiger partial charge in [0.2, 0.25) is 5.91 Å². The van der Waals surface area contributed by atoms with Crippen molar-refractivity contribution in [1.82, 2.24) is 4.90 Å². The van der Waals surface area contributed by atoms with E-state index in [0.717, 1.165) is 9.37 Å². The summed E-state index contributed by atoms with van der Waals surface area (Å²) in [4.78, 5) is 38.1. The number of rotatable bonds is 8. The van der Waals surface area contributed by atoms with E-state index in [1.807, 2.05) is 0 Å². The molecule has 0 bridgehead atoms. The van der Waals surface area contributed by atoms with Crippen LogP contribution >= 0.6 is 15.9 Å². The number of nitrogens with one attached hydrogen (secondary N) is 1. The second kappa shape index (κ2) is 8.99. The molecule has 3 rings (SSSR count). The van der Waals surface area contributed by atoms with Gasteiger partial charge in [0, 0.05) is 30.2 Å². The molecule has 0 saturated heterocycles. The lowest BCUT2D eigenvalue weighted by Crippen LogP contribution is -2.32. The molecule has 2 aromatic rings. The number of halogens is 1. The summed E-state index contributed by atoms with van der Waals surface area (Å²) in [6.07, 6.45) is 0.0126. The van der Waals surface area contributed by atoms with E-state index in [9.17, 15) is 14.4 Å². The second-order valence-electron chi connectivity index (χ2n) is 6.12. The van der Waals surface area contributed by atoms with E-state index >= 15 is 0 Å². The molecule has 0 fully saturated rings. The summed E-state index contributed by atoms with van der Waals surface area (Å²) in [5, 5.41) is 2.74. The van der Waals surface area contributed by atoms with Crippen molar-refractivity contribution in [2.24, 2.45) is 0 Å². The molecule has 3 amide bonds. The maximum atomic E-state index is 12.4. The van der Waals surface area contributed by atoms with Gasteiger partial charge in [0.1, 0.15) is 12.4 Å². The van der Waals surface area contributed by atoms with E-state index in [1.165, 1.54) is 0 Å². The smallest absolute Gasteiger partial charge is 0.261 e. The van der Waals surface area contributed by atoms with Crippen LogP contribution in [-0.2, 0) is 9.53 Å². The summed E-state index contributed by atoms with van der Waals surface area (Å²) in [6.45, 7) is 0.959. The van der Waals surface area contributed by atoms with Crippen LogP contribution in [0.5, 0.6) is 5.75 Å². The number of hydrogen-bond donors (Lipinski definition) is 1. The molecule has 0 unspecified atom stereocenters. The molecule has 7 nitrogen and oxygen atoms in total. The summed E-state index contributed by atoms with van der Waals surface area (Å²) in [6, 6.07) is 11.9. The van der Waals surface area contributed by atoms with Crippen LogP contribution in [0.2, 0.25) is 0 Å². The first kappa shape index (κ1) is 20.0. The molecule has 28 heavy (non-hydrogen) atoms. The molecule has 1 aliphatic rings. The van der Waals surface area contributed by atoms with Gasteiger partial charge in [-0.2, -0.15) is 0 Å². The average molecular weight is 447 g/mol. The molecule has 0 saturated carbocycles. The molecule has 8 heteroatoms. The van der Waals surface area contributed by atoms with Gasteiger partial charge in [-0.1, -0.05) is 15.9 Å². The van der Waals surface area contributed by atoms with Gasteiger partial charge in [-0.3, -0.25) is 19.3 Å². The van der Waals surface area contributed by atoms with Gasteiger partial charge >= 0.3 is 0 Å². The number of anilines is 1. The zero-order valence-electron chi connectivity index (χ0n) is 15.2. The molecule has 1 aliphatic heterocycles. The fraction of sp³-hybridized carbons (Fsp3) is 0.250. The molecule has 1 heterocycles. The third-order valence-corrected chi connectivity index (χ3v) is 4.68. The lowest BCUT2D eigenvalue weighted by molar-refractivity contribution is -0.116. The highest BCUT2D eigenvalue weighted by Crippen LogP contribution is 2.26. The number of nitrogens with zero attached hydrogens (tertiary/aromatic N) is 1. The Morgan fingerprint density at radius 3 is 2.46 bits per heavy atom. The Hall–Kier alpha value is -2.71. The van der Waals surface area contributed by atoms with E-state index in [1.54, 1.807) is 49.6 Å². The number of carbonyl (C=O) groups excluding carboxylic acids is 3. The normalized spacial score (nSPS) is 12.9. The fourth-order valence-corrected chi connectivity index (χ4v) is 3.14. The molecule has 0 aliphatic carbocycles. The van der Waals surface area contributed by atoms with Gasteiger partial charge in [0.25, 0.3) is 11.8 Å². The van der Waals surface area contributed by atoms with Crippen molar-refractivity contribution in [3.63, 3.8) is 0 Å². The molecule has 1 N–H and O–H groups in total. The van der Waals surface area contributed by atoms with Gasteiger partial charge in [-0.05, 0) is 42.5 Å². The van der Waals surface area contributed by atoms with Crippen molar-refractivity contribution in [2.45, 2.75) is 6.42 Å². The van der Waals surface area contributed by atoms with Crippen molar-refractivity contribution in [1.29, 1.82) is 0 Å². The van der Waals surface area contributed by atoms with Gasteiger partial charge in [-0.15, -0.1) is 0 Å². The lowest BCUT2D eigenvalue weighted by Gasteiger charge is -2.13. The van der Waals surface area contributed by atoms with Crippen LogP contribution in [-0.4, -0.2) is 49.5 Å². The molecule has 0 spiro atoms. The van der Waals surface area contributed by atoms with Crippen LogP contribution in [0.4, 0.5) is 5.69 Å². The van der Waals surface area contributed by atoms with Crippen LogP contribution in [0.15, 0.2) is 46.9 Å². The predicted octanol–water partition coefficient (Wildman–Crippen LogP) is 3.10. The largest absolute Gasteiger partial charge is 0.491 e. The molecule has 0 atom stereocenters. The number of ether oxygens (including phenoxy) is 2. The minimum absolute atomic E-state index is 0.0126. The van der Waals surface area contributed by atoms with E-state index in [2.05, 4.69) is 21.2 Å². The Morgan fingerprint density at radius 1 is 1.04 bits per heavy atom. The van der Waals surface area contributed by atoms with Crippen LogP contribution in [0.25, 0.3) is 0 Å². The monoisotopic (exact) mass is 446 g/mol. The highest BCUT2D eigenvalue weighted by atomic mass is 79.9. The van der Waals surface area contributed by atoms with Crippen molar-refractivity contribution in [2.75, 3.05) is 32.2 Å². The highest BCUT2D eigenvalue weighted by Gasteiger charge is 2.35. The van der Waals surface area contributed by atoms with Gasteiger partial charge in [0.15, 0.2) is 0 Å². The minimum Gasteiger partial charge on any atom is -0.491 e. The van der Waals surface area contributed by atoms with Crippen LogP contribution in [0.3, 0.4) is 0 Å². The maximum absolute atomic E-state index is 12.4. The SMILES string of the molecule is COCCOc1ccc(NC(=O)CCN2C(=O)c3ccc(Br)cc3C2=O)cc1. The molecule has 2 aromatic carbocycles. The van der Waals surface area contributed by atoms with Crippen LogP contribution < -0.4 is 10.1 Å². The Labute approximate surface area is 170 Å². The standard InChI is InChI=1S/C20H19BrN2O5/c1-27-10-11-28-15-5-3-14(4-6-15)22-18(24)8-9-23-19(25)16-7-2-13(21)12-17(16)20(23)26/h2-7,12H,8-11H2,1H3,(H,22,24). The van der Waals surface area contributed by atoms with E-state index < -0.39 is 0 Å². The number of amides is 3. The fourth-order valence-electron chi connectivity index (χ4n) is 2.78. The van der Waals surface area contributed by atoms with Crippen molar-refractivity contribution in [3.05, 3.63) is 58.1 Å². The summed E-state index contributed by atoms with van der Waals surface area (Å²) < 4.78 is 11.1. The summed E-state index contributed by atoms with van der Waals surface area (Å²) >= 11 is 3.29. The zero-order chi connectivity index (χ0) is 20.1. The Bertz CT molecular complexity index is 898. The van der Waals surface area contributed by atoms with E-state index in [0.29, 0.717) is 35.8 Å². The van der Waals surface area contributed by atoms with Gasteiger partial charge < -0.3 is 14.8 Å². The highest BCUT2D eigenvalue weighted by molar-refractivity contribution is 9.10. The van der Waals surface area contributed by atoms with Crippen LogP contribution in [0, 0.1) is 0 Å². The first-order valence-electron chi connectivity index (χ1n) is 8.67. The van der Waals surface area contributed by atoms with E-state index in [-0.39, 0.29) is 30.7 Å². The third kappa shape index (κ3) is 4.58. The molecular weight excluding hydrogens is 428 g/mol. The number of fused-ring (bicyclic) bond motifs is 1. The Morgan fingerprint density at radius 2 is 1.75 bits per heavy atom. The molecular formula is C20H19BrN2O5. The quantitative estimate of drug-likeness (QED) is 0.497. The number of imide groups is 1. The Kier molecular flexibility index (Phi) is 6.43. The van der Waals surface area contributed by atoms with Crippen molar-refractivity contribution < 1.29 is 23.9 Å². The predicted molar refractivity (Wildman–Crippen MR) is 107 cm³/mol. The summed E-state index contributed by atoms with van der Waals surface area (Å²) in [5.41, 5.74) is 1.32. The minimum atomic E-state index is -0.383. The number of methoxy groups -OCH3 is 1. The lowest BCUT2D eigenvalue weighted by atomic mass is 10.1. The third-order valence-electron chi connectivity index (χ3n) is 4.19. The summed E-state index contributed by atoms with van der Waals surface area (Å²) in [5.74, 6) is -0.373. The molecule has 0 aromatic heterocycles. The van der Waals surface area contributed by atoms with Crippen LogP contribution in [0.1, 0.15) is 27.1 Å². The zero-order valence-corrected chi connectivity index (χ0v) is 16.8. The topological polar surface area (TPSA) is 84.9 Å².